The molecule has 1 saturated carbocycles. The number of carbonyl (C=O) groups excluding carboxylic acids is 1. The van der Waals surface area contributed by atoms with E-state index in [1.54, 1.807) is 0 Å². The van der Waals surface area contributed by atoms with Crippen LogP contribution in [-0.2, 0) is 9.53 Å². The van der Waals surface area contributed by atoms with Crippen LogP contribution in [0.4, 0.5) is 0 Å². The Morgan fingerprint density at radius 2 is 1.88 bits per heavy atom. The molecule has 0 saturated heterocycles. The Hall–Kier alpha value is -0.790. The Morgan fingerprint density at radius 3 is 2.47 bits per heavy atom. The zero-order chi connectivity index (χ0) is 12.5. The third-order valence-electron chi connectivity index (χ3n) is 3.63. The van der Waals surface area contributed by atoms with E-state index in [0.29, 0.717) is 12.2 Å². The molecule has 0 unspecified atom stereocenters. The van der Waals surface area contributed by atoms with E-state index in [0.717, 1.165) is 18.8 Å². The van der Waals surface area contributed by atoms with Crippen LogP contribution in [0.1, 0.15) is 64.7 Å². The predicted molar refractivity (Wildman–Crippen MR) is 70.8 cm³/mol. The number of carbonyl (C=O) groups is 1. The van der Waals surface area contributed by atoms with Crippen molar-refractivity contribution in [3.05, 3.63) is 12.2 Å². The van der Waals surface area contributed by atoms with Gasteiger partial charge in [-0.3, -0.25) is 0 Å². The third-order valence-corrected chi connectivity index (χ3v) is 3.63. The zero-order valence-corrected chi connectivity index (χ0v) is 11.2. The third kappa shape index (κ3) is 5.90. The van der Waals surface area contributed by atoms with Gasteiger partial charge < -0.3 is 4.74 Å². The minimum absolute atomic E-state index is 0.214. The number of hydrogen-bond acceptors (Lipinski definition) is 2. The van der Waals surface area contributed by atoms with Crippen molar-refractivity contribution < 1.29 is 9.53 Å². The Morgan fingerprint density at radius 1 is 1.24 bits per heavy atom. The number of ether oxygens (including phenoxy) is 1. The Balaban J connectivity index is 2.13. The van der Waals surface area contributed by atoms with E-state index in [4.69, 9.17) is 4.74 Å². The van der Waals surface area contributed by atoms with Crippen LogP contribution in [0.25, 0.3) is 0 Å². The van der Waals surface area contributed by atoms with Crippen molar-refractivity contribution in [1.82, 2.24) is 0 Å². The maximum absolute atomic E-state index is 11.4. The summed E-state index contributed by atoms with van der Waals surface area (Å²) in [6.45, 7) is 6.07. The summed E-state index contributed by atoms with van der Waals surface area (Å²) in [5.41, 5.74) is 0.639. The molecule has 0 N–H and O–H groups in total. The molecule has 1 rings (SSSR count). The van der Waals surface area contributed by atoms with Gasteiger partial charge in [0.25, 0.3) is 0 Å². The molecular weight excluding hydrogens is 212 g/mol. The van der Waals surface area contributed by atoms with Crippen molar-refractivity contribution in [3.63, 3.8) is 0 Å². The van der Waals surface area contributed by atoms with Crippen LogP contribution in [-0.4, -0.2) is 12.6 Å². The molecule has 0 aromatic rings. The fourth-order valence-electron chi connectivity index (χ4n) is 2.59. The molecule has 0 amide bonds. The lowest BCUT2D eigenvalue weighted by atomic mass is 9.93. The van der Waals surface area contributed by atoms with Gasteiger partial charge in [0.05, 0.1) is 6.61 Å². The monoisotopic (exact) mass is 238 g/mol. The van der Waals surface area contributed by atoms with Crippen LogP contribution in [0.2, 0.25) is 0 Å². The maximum atomic E-state index is 11.4. The van der Waals surface area contributed by atoms with Crippen molar-refractivity contribution >= 4 is 5.97 Å². The molecule has 98 valence electrons. The van der Waals surface area contributed by atoms with Gasteiger partial charge in [-0.2, -0.15) is 0 Å². The van der Waals surface area contributed by atoms with E-state index >= 15 is 0 Å². The Kier molecular flexibility index (Phi) is 6.99. The highest BCUT2D eigenvalue weighted by molar-refractivity contribution is 5.87. The van der Waals surface area contributed by atoms with E-state index in [1.807, 2.05) is 6.92 Å². The molecule has 1 fully saturated rings. The van der Waals surface area contributed by atoms with Gasteiger partial charge in [-0.15, -0.1) is 0 Å². The largest absolute Gasteiger partial charge is 0.463 e. The topological polar surface area (TPSA) is 26.3 Å². The second-order valence-corrected chi connectivity index (χ2v) is 5.07. The van der Waals surface area contributed by atoms with Crippen molar-refractivity contribution in [1.29, 1.82) is 0 Å². The fourth-order valence-corrected chi connectivity index (χ4v) is 2.59. The van der Waals surface area contributed by atoms with Crippen molar-refractivity contribution in [2.45, 2.75) is 64.7 Å². The predicted octanol–water partition coefficient (Wildman–Crippen LogP) is 4.25. The minimum atomic E-state index is -0.214. The lowest BCUT2D eigenvalue weighted by Crippen LogP contribution is -2.07. The van der Waals surface area contributed by atoms with Crippen LogP contribution < -0.4 is 0 Å². The molecule has 0 radical (unpaired) electrons. The number of rotatable bonds is 6. The van der Waals surface area contributed by atoms with Gasteiger partial charge in [-0.05, 0) is 25.7 Å². The van der Waals surface area contributed by atoms with Gasteiger partial charge >= 0.3 is 5.97 Å². The zero-order valence-electron chi connectivity index (χ0n) is 11.2. The Labute approximate surface area is 105 Å². The maximum Gasteiger partial charge on any atom is 0.333 e. The normalized spacial score (nSPS) is 17.5. The summed E-state index contributed by atoms with van der Waals surface area (Å²) in [6, 6.07) is 0. The summed E-state index contributed by atoms with van der Waals surface area (Å²) in [7, 11) is 0. The van der Waals surface area contributed by atoms with Crippen LogP contribution >= 0.6 is 0 Å². The van der Waals surface area contributed by atoms with Crippen LogP contribution in [0.15, 0.2) is 12.2 Å². The second kappa shape index (κ2) is 8.32. The van der Waals surface area contributed by atoms with Gasteiger partial charge in [0.2, 0.25) is 0 Å². The van der Waals surface area contributed by atoms with E-state index in [9.17, 15) is 4.79 Å². The van der Waals surface area contributed by atoms with Crippen molar-refractivity contribution in [3.8, 4) is 0 Å². The van der Waals surface area contributed by atoms with Gasteiger partial charge in [0.1, 0.15) is 0 Å². The average Bonchev–Trinajstić information content (AvgIpc) is 2.58. The second-order valence-electron chi connectivity index (χ2n) is 5.07. The first-order valence-corrected chi connectivity index (χ1v) is 7.09. The van der Waals surface area contributed by atoms with E-state index in [2.05, 4.69) is 6.58 Å². The molecule has 1 aliphatic rings. The van der Waals surface area contributed by atoms with E-state index in [1.165, 1.54) is 44.9 Å². The summed E-state index contributed by atoms with van der Waals surface area (Å²) < 4.78 is 4.93. The highest BCUT2D eigenvalue weighted by Gasteiger charge is 2.13. The smallest absolute Gasteiger partial charge is 0.333 e. The summed E-state index contributed by atoms with van der Waals surface area (Å²) >= 11 is 0. The molecule has 0 aromatic carbocycles. The van der Waals surface area contributed by atoms with Gasteiger partial charge in [-0.1, -0.05) is 51.5 Å². The van der Waals surface area contributed by atoms with Crippen LogP contribution in [0, 0.1) is 5.92 Å². The Bertz CT molecular complexity index is 237. The molecule has 17 heavy (non-hydrogen) atoms. The molecule has 0 spiro atoms. The lowest BCUT2D eigenvalue weighted by molar-refractivity contribution is -0.138. The quantitative estimate of drug-likeness (QED) is 0.393. The summed E-state index contributed by atoms with van der Waals surface area (Å²) in [6.07, 6.45) is 11.5. The first-order valence-electron chi connectivity index (χ1n) is 7.09. The van der Waals surface area contributed by atoms with E-state index < -0.39 is 0 Å². The molecular formula is C15H26O2. The molecule has 0 aromatic heterocycles. The molecule has 2 heteroatoms. The number of esters is 1. The molecule has 0 bridgehead atoms. The van der Waals surface area contributed by atoms with Gasteiger partial charge in [0.15, 0.2) is 0 Å². The van der Waals surface area contributed by atoms with Gasteiger partial charge in [-0.25, -0.2) is 4.79 Å². The first kappa shape index (κ1) is 14.3. The molecule has 2 nitrogen and oxygen atoms in total. The molecule has 0 heterocycles. The highest BCUT2D eigenvalue weighted by atomic mass is 16.5. The summed E-state index contributed by atoms with van der Waals surface area (Å²) in [4.78, 5) is 11.4. The average molecular weight is 238 g/mol. The van der Waals surface area contributed by atoms with E-state index in [-0.39, 0.29) is 5.97 Å². The standard InChI is InChI=1S/C15H26O2/c1-3-17-15(16)13(2)9-8-12-14-10-6-4-5-7-11-14/h14H,2-12H2,1H3. The first-order chi connectivity index (χ1) is 8.24. The highest BCUT2D eigenvalue weighted by Crippen LogP contribution is 2.27. The summed E-state index contributed by atoms with van der Waals surface area (Å²) in [5, 5.41) is 0. The lowest BCUT2D eigenvalue weighted by Gasteiger charge is -2.13. The van der Waals surface area contributed by atoms with Gasteiger partial charge in [0, 0.05) is 5.57 Å². The van der Waals surface area contributed by atoms with Crippen LogP contribution in [0.5, 0.6) is 0 Å². The number of hydrogen-bond donors (Lipinski definition) is 0. The van der Waals surface area contributed by atoms with Crippen molar-refractivity contribution in [2.75, 3.05) is 6.61 Å². The molecule has 0 aliphatic heterocycles. The SMILES string of the molecule is C=C(CCCC1CCCCCC1)C(=O)OCC. The molecule has 0 atom stereocenters. The fraction of sp³-hybridized carbons (Fsp3) is 0.800. The van der Waals surface area contributed by atoms with Crippen molar-refractivity contribution in [2.24, 2.45) is 5.92 Å². The minimum Gasteiger partial charge on any atom is -0.463 e. The van der Waals surface area contributed by atoms with Crippen LogP contribution in [0.3, 0.4) is 0 Å². The molecule has 1 aliphatic carbocycles. The summed E-state index contributed by atoms with van der Waals surface area (Å²) in [5.74, 6) is 0.667.